The van der Waals surface area contributed by atoms with E-state index in [-0.39, 0.29) is 22.9 Å². The molecule has 0 aliphatic carbocycles. The third kappa shape index (κ3) is 4.19. The Kier molecular flexibility index (Phi) is 5.79. The van der Waals surface area contributed by atoms with Gasteiger partial charge in [-0.15, -0.1) is 0 Å². The fraction of sp³-hybridized carbons (Fsp3) is 0.150. The summed E-state index contributed by atoms with van der Waals surface area (Å²) in [5.74, 6) is -0.499. The highest BCUT2D eigenvalue weighted by Gasteiger charge is 2.31. The molecule has 1 saturated heterocycles. The molecule has 2 N–H and O–H groups in total. The second kappa shape index (κ2) is 8.27. The van der Waals surface area contributed by atoms with Crippen molar-refractivity contribution in [2.45, 2.75) is 0 Å². The number of phenols is 1. The molecule has 0 radical (unpaired) electrons. The molecule has 1 aliphatic rings. The Morgan fingerprint density at radius 1 is 1.17 bits per heavy atom. The number of carboxylic acids is 1. The molecule has 3 rings (SSSR count). The topological polar surface area (TPSA) is 109 Å². The van der Waals surface area contributed by atoms with E-state index >= 15 is 0 Å². The Labute approximate surface area is 171 Å². The normalized spacial score (nSPS) is 16.5. The molecule has 1 fully saturated rings. The summed E-state index contributed by atoms with van der Waals surface area (Å²) >= 11 is 1.11. The number of likely N-dealkylation sites (N-methyl/N-ethyl adjacent to an activating group) is 1. The number of benzene rings is 2. The molecule has 0 saturated carbocycles. The van der Waals surface area contributed by atoms with Gasteiger partial charge in [0.15, 0.2) is 5.17 Å². The number of ether oxygens (including phenoxy) is 2. The van der Waals surface area contributed by atoms with E-state index in [1.807, 2.05) is 0 Å². The summed E-state index contributed by atoms with van der Waals surface area (Å²) in [4.78, 5) is 30.1. The van der Waals surface area contributed by atoms with Gasteiger partial charge in [0.1, 0.15) is 17.2 Å². The number of aromatic carboxylic acids is 1. The first kappa shape index (κ1) is 20.3. The predicted molar refractivity (Wildman–Crippen MR) is 110 cm³/mol. The largest absolute Gasteiger partial charge is 0.508 e. The molecule has 1 aliphatic heterocycles. The molecular weight excluding hydrogens is 396 g/mol. The van der Waals surface area contributed by atoms with Crippen molar-refractivity contribution in [3.05, 3.63) is 52.4 Å². The van der Waals surface area contributed by atoms with Crippen molar-refractivity contribution in [2.24, 2.45) is 4.99 Å². The van der Waals surface area contributed by atoms with E-state index in [1.165, 1.54) is 24.1 Å². The van der Waals surface area contributed by atoms with E-state index in [0.717, 1.165) is 17.8 Å². The molecule has 150 valence electrons. The fourth-order valence-electron chi connectivity index (χ4n) is 2.64. The van der Waals surface area contributed by atoms with E-state index < -0.39 is 5.97 Å². The first-order valence-corrected chi connectivity index (χ1v) is 9.20. The van der Waals surface area contributed by atoms with Crippen LogP contribution in [0.1, 0.15) is 15.9 Å². The average Bonchev–Trinajstić information content (AvgIpc) is 2.96. The number of amidine groups is 1. The van der Waals surface area contributed by atoms with Crippen molar-refractivity contribution in [2.75, 3.05) is 21.3 Å². The highest BCUT2D eigenvalue weighted by molar-refractivity contribution is 8.18. The lowest BCUT2D eigenvalue weighted by Crippen LogP contribution is -2.23. The number of phenolic OH excluding ortho intramolecular Hbond substituents is 1. The van der Waals surface area contributed by atoms with Crippen LogP contribution in [0.5, 0.6) is 17.2 Å². The zero-order chi connectivity index (χ0) is 21.1. The van der Waals surface area contributed by atoms with Gasteiger partial charge in [-0.3, -0.25) is 9.69 Å². The second-order valence-electron chi connectivity index (χ2n) is 5.98. The molecule has 1 heterocycles. The third-order valence-electron chi connectivity index (χ3n) is 4.15. The monoisotopic (exact) mass is 414 g/mol. The zero-order valence-electron chi connectivity index (χ0n) is 15.9. The van der Waals surface area contributed by atoms with E-state index in [9.17, 15) is 19.8 Å². The minimum absolute atomic E-state index is 0.137. The number of nitrogens with zero attached hydrogens (tertiary/aromatic N) is 2. The Morgan fingerprint density at radius 2 is 1.93 bits per heavy atom. The third-order valence-corrected chi connectivity index (χ3v) is 5.21. The van der Waals surface area contributed by atoms with Crippen LogP contribution < -0.4 is 9.47 Å². The molecule has 9 heteroatoms. The van der Waals surface area contributed by atoms with Crippen LogP contribution in [0.4, 0.5) is 5.69 Å². The zero-order valence-corrected chi connectivity index (χ0v) is 16.7. The maximum absolute atomic E-state index is 12.7. The minimum atomic E-state index is -1.23. The summed E-state index contributed by atoms with van der Waals surface area (Å²) in [6.07, 6.45) is 1.67. The molecule has 0 aromatic heterocycles. The Hall–Kier alpha value is -3.46. The maximum Gasteiger partial charge on any atom is 0.338 e. The van der Waals surface area contributed by atoms with Gasteiger partial charge in [-0.1, -0.05) is 0 Å². The van der Waals surface area contributed by atoms with Gasteiger partial charge in [0.05, 0.1) is 30.4 Å². The van der Waals surface area contributed by atoms with E-state index in [4.69, 9.17) is 9.47 Å². The SMILES string of the molecule is COc1ccc(OC)c(/C=C2\SC(=Nc3ccc(O)cc3C(=O)O)N(C)C2=O)c1. The molecule has 2 aromatic carbocycles. The van der Waals surface area contributed by atoms with Crippen LogP contribution in [-0.4, -0.2) is 53.4 Å². The minimum Gasteiger partial charge on any atom is -0.508 e. The van der Waals surface area contributed by atoms with Gasteiger partial charge in [0, 0.05) is 12.6 Å². The van der Waals surface area contributed by atoms with Crippen molar-refractivity contribution < 1.29 is 29.3 Å². The summed E-state index contributed by atoms with van der Waals surface area (Å²) in [5.41, 5.74) is 0.636. The van der Waals surface area contributed by atoms with Gasteiger partial charge < -0.3 is 19.7 Å². The quantitative estimate of drug-likeness (QED) is 0.722. The molecule has 8 nitrogen and oxygen atoms in total. The number of aromatic hydroxyl groups is 1. The van der Waals surface area contributed by atoms with Gasteiger partial charge in [0.25, 0.3) is 5.91 Å². The van der Waals surface area contributed by atoms with Crippen LogP contribution in [0.25, 0.3) is 6.08 Å². The number of aliphatic imine (C=N–C) groups is 1. The number of hydrogen-bond donors (Lipinski definition) is 2. The van der Waals surface area contributed by atoms with E-state index in [2.05, 4.69) is 4.99 Å². The number of rotatable bonds is 5. The number of amides is 1. The van der Waals surface area contributed by atoms with Crippen molar-refractivity contribution in [1.29, 1.82) is 0 Å². The Bertz CT molecular complexity index is 1050. The summed E-state index contributed by atoms with van der Waals surface area (Å²) in [7, 11) is 4.63. The van der Waals surface area contributed by atoms with Crippen LogP contribution in [-0.2, 0) is 4.79 Å². The van der Waals surface area contributed by atoms with E-state index in [1.54, 1.807) is 38.4 Å². The highest BCUT2D eigenvalue weighted by atomic mass is 32.2. The molecule has 0 atom stereocenters. The fourth-order valence-corrected chi connectivity index (χ4v) is 3.61. The highest BCUT2D eigenvalue weighted by Crippen LogP contribution is 2.36. The molecule has 2 aromatic rings. The van der Waals surface area contributed by atoms with Crippen molar-refractivity contribution in [3.8, 4) is 17.2 Å². The molecule has 0 spiro atoms. The molecule has 0 bridgehead atoms. The van der Waals surface area contributed by atoms with Gasteiger partial charge in [0.2, 0.25) is 0 Å². The van der Waals surface area contributed by atoms with E-state index in [0.29, 0.717) is 27.1 Å². The Balaban J connectivity index is 2.00. The second-order valence-corrected chi connectivity index (χ2v) is 6.99. The number of methoxy groups -OCH3 is 2. The van der Waals surface area contributed by atoms with Gasteiger partial charge in [-0.2, -0.15) is 0 Å². The van der Waals surface area contributed by atoms with Crippen molar-refractivity contribution in [1.82, 2.24) is 4.90 Å². The lowest BCUT2D eigenvalue weighted by atomic mass is 10.1. The summed E-state index contributed by atoms with van der Waals surface area (Å²) in [6.45, 7) is 0. The van der Waals surface area contributed by atoms with Crippen LogP contribution in [0.3, 0.4) is 0 Å². The number of thioether (sulfide) groups is 1. The lowest BCUT2D eigenvalue weighted by molar-refractivity contribution is -0.121. The molecule has 0 unspecified atom stereocenters. The first-order valence-electron chi connectivity index (χ1n) is 8.38. The molecule has 29 heavy (non-hydrogen) atoms. The van der Waals surface area contributed by atoms with Crippen LogP contribution in [0, 0.1) is 0 Å². The number of carboxylic acid groups (broad SMARTS) is 1. The summed E-state index contributed by atoms with van der Waals surface area (Å²) < 4.78 is 10.6. The van der Waals surface area contributed by atoms with Crippen LogP contribution >= 0.6 is 11.8 Å². The summed E-state index contributed by atoms with van der Waals surface area (Å²) in [5, 5.41) is 19.2. The number of hydrogen-bond acceptors (Lipinski definition) is 7. The predicted octanol–water partition coefficient (Wildman–Crippen LogP) is 3.34. The van der Waals surface area contributed by atoms with Crippen LogP contribution in [0.2, 0.25) is 0 Å². The molecular formula is C20H18N2O6S. The standard InChI is InChI=1S/C20H18N2O6S/c1-22-18(24)17(9-11-8-13(27-2)5-7-16(11)28-3)29-20(22)21-15-6-4-12(23)10-14(15)19(25)26/h4-10,23H,1-3H3,(H,25,26)/b17-9-,21-20?. The molecule has 1 amide bonds. The first-order chi connectivity index (χ1) is 13.8. The van der Waals surface area contributed by atoms with Crippen LogP contribution in [0.15, 0.2) is 46.3 Å². The maximum atomic E-state index is 12.7. The average molecular weight is 414 g/mol. The van der Waals surface area contributed by atoms with Gasteiger partial charge >= 0.3 is 5.97 Å². The lowest BCUT2D eigenvalue weighted by Gasteiger charge is -2.09. The van der Waals surface area contributed by atoms with Gasteiger partial charge in [-0.25, -0.2) is 9.79 Å². The number of carbonyl (C=O) groups excluding carboxylic acids is 1. The van der Waals surface area contributed by atoms with Gasteiger partial charge in [-0.05, 0) is 54.2 Å². The Morgan fingerprint density at radius 3 is 2.59 bits per heavy atom. The van der Waals surface area contributed by atoms with Crippen molar-refractivity contribution >= 4 is 40.6 Å². The van der Waals surface area contributed by atoms with Crippen molar-refractivity contribution in [3.63, 3.8) is 0 Å². The smallest absolute Gasteiger partial charge is 0.338 e. The summed E-state index contributed by atoms with van der Waals surface area (Å²) in [6, 6.07) is 9.08. The number of carbonyl (C=O) groups is 2.